The first-order chi connectivity index (χ1) is 7.79. The SMILES string of the molecule is Nc1nc(OCCO)nc(-n2ccnc2)n1. The molecule has 0 atom stereocenters. The Kier molecular flexibility index (Phi) is 2.92. The molecule has 0 aromatic carbocycles. The third-order valence-corrected chi connectivity index (χ3v) is 1.68. The lowest BCUT2D eigenvalue weighted by molar-refractivity contribution is 0.191. The molecule has 0 aliphatic carbocycles. The number of hydrogen-bond acceptors (Lipinski definition) is 7. The Morgan fingerprint density at radius 1 is 1.38 bits per heavy atom. The molecular formula is C8H10N6O2. The van der Waals surface area contributed by atoms with Crippen molar-refractivity contribution in [3.8, 4) is 12.0 Å². The maximum Gasteiger partial charge on any atom is 0.323 e. The van der Waals surface area contributed by atoms with E-state index >= 15 is 0 Å². The molecule has 8 nitrogen and oxygen atoms in total. The molecule has 84 valence electrons. The van der Waals surface area contributed by atoms with Crippen LogP contribution in [-0.4, -0.2) is 42.8 Å². The van der Waals surface area contributed by atoms with E-state index in [1.807, 2.05) is 0 Å². The fourth-order valence-corrected chi connectivity index (χ4v) is 1.06. The van der Waals surface area contributed by atoms with Crippen LogP contribution >= 0.6 is 0 Å². The van der Waals surface area contributed by atoms with Crippen LogP contribution in [0, 0.1) is 0 Å². The zero-order chi connectivity index (χ0) is 11.4. The van der Waals surface area contributed by atoms with Crippen molar-refractivity contribution in [2.24, 2.45) is 0 Å². The number of hydrogen-bond donors (Lipinski definition) is 2. The monoisotopic (exact) mass is 222 g/mol. The van der Waals surface area contributed by atoms with Crippen LogP contribution in [-0.2, 0) is 0 Å². The van der Waals surface area contributed by atoms with E-state index in [2.05, 4.69) is 19.9 Å². The Balaban J connectivity index is 2.29. The van der Waals surface area contributed by atoms with Crippen molar-refractivity contribution in [1.82, 2.24) is 24.5 Å². The Morgan fingerprint density at radius 3 is 2.94 bits per heavy atom. The minimum atomic E-state index is -0.119. The molecule has 8 heteroatoms. The van der Waals surface area contributed by atoms with E-state index < -0.39 is 0 Å². The average molecular weight is 222 g/mol. The van der Waals surface area contributed by atoms with Gasteiger partial charge in [-0.15, -0.1) is 0 Å². The van der Waals surface area contributed by atoms with Crippen molar-refractivity contribution in [3.05, 3.63) is 18.7 Å². The van der Waals surface area contributed by atoms with E-state index in [4.69, 9.17) is 15.6 Å². The van der Waals surface area contributed by atoms with Crippen molar-refractivity contribution < 1.29 is 9.84 Å². The van der Waals surface area contributed by atoms with Gasteiger partial charge in [0, 0.05) is 12.4 Å². The minimum absolute atomic E-state index is 0.0478. The van der Waals surface area contributed by atoms with E-state index in [1.165, 1.54) is 6.33 Å². The zero-order valence-electron chi connectivity index (χ0n) is 8.32. The number of aromatic nitrogens is 5. The van der Waals surface area contributed by atoms with Crippen molar-refractivity contribution in [2.45, 2.75) is 0 Å². The summed E-state index contributed by atoms with van der Waals surface area (Å²) < 4.78 is 6.62. The van der Waals surface area contributed by atoms with Crippen molar-refractivity contribution in [1.29, 1.82) is 0 Å². The Morgan fingerprint density at radius 2 is 2.25 bits per heavy atom. The Hall–Kier alpha value is -2.22. The van der Waals surface area contributed by atoms with Gasteiger partial charge >= 0.3 is 6.01 Å². The summed E-state index contributed by atoms with van der Waals surface area (Å²) >= 11 is 0. The van der Waals surface area contributed by atoms with E-state index in [0.717, 1.165) is 0 Å². The second kappa shape index (κ2) is 4.53. The van der Waals surface area contributed by atoms with Gasteiger partial charge in [0.05, 0.1) is 6.61 Å². The molecule has 0 unspecified atom stereocenters. The van der Waals surface area contributed by atoms with Gasteiger partial charge in [0.1, 0.15) is 12.9 Å². The third-order valence-electron chi connectivity index (χ3n) is 1.68. The summed E-state index contributed by atoms with van der Waals surface area (Å²) in [4.78, 5) is 15.6. The number of aliphatic hydroxyl groups excluding tert-OH is 1. The molecule has 0 aliphatic heterocycles. The molecule has 0 aliphatic rings. The van der Waals surface area contributed by atoms with Gasteiger partial charge in [-0.1, -0.05) is 0 Å². The summed E-state index contributed by atoms with van der Waals surface area (Å²) in [5.41, 5.74) is 5.50. The first kappa shape index (κ1) is 10.3. The Labute approximate surface area is 90.8 Å². The van der Waals surface area contributed by atoms with E-state index in [-0.39, 0.29) is 25.2 Å². The van der Waals surface area contributed by atoms with Gasteiger partial charge in [-0.05, 0) is 0 Å². The van der Waals surface area contributed by atoms with Crippen LogP contribution in [0.25, 0.3) is 5.95 Å². The molecule has 0 amide bonds. The smallest absolute Gasteiger partial charge is 0.323 e. The summed E-state index contributed by atoms with van der Waals surface area (Å²) in [6.07, 6.45) is 4.80. The van der Waals surface area contributed by atoms with Gasteiger partial charge in [0.25, 0.3) is 0 Å². The zero-order valence-corrected chi connectivity index (χ0v) is 8.32. The number of ether oxygens (including phenoxy) is 1. The number of rotatable bonds is 4. The molecule has 0 saturated heterocycles. The largest absolute Gasteiger partial charge is 0.461 e. The lowest BCUT2D eigenvalue weighted by Crippen LogP contribution is -2.10. The van der Waals surface area contributed by atoms with E-state index in [1.54, 1.807) is 17.0 Å². The normalized spacial score (nSPS) is 10.3. The lowest BCUT2D eigenvalue weighted by atomic mass is 10.7. The van der Waals surface area contributed by atoms with Crippen LogP contribution in [0.3, 0.4) is 0 Å². The molecular weight excluding hydrogens is 212 g/mol. The van der Waals surface area contributed by atoms with Gasteiger partial charge in [-0.25, -0.2) is 4.98 Å². The molecule has 0 radical (unpaired) electrons. The number of imidazole rings is 1. The van der Waals surface area contributed by atoms with Crippen LogP contribution in [0.5, 0.6) is 6.01 Å². The topological polar surface area (TPSA) is 112 Å². The number of nitrogens with two attached hydrogens (primary N) is 1. The standard InChI is InChI=1S/C8H10N6O2/c9-6-11-7(14-2-1-10-5-14)13-8(12-6)16-4-3-15/h1-2,5,15H,3-4H2,(H2,9,11,12,13). The molecule has 0 fully saturated rings. The minimum Gasteiger partial charge on any atom is -0.461 e. The van der Waals surface area contributed by atoms with Crippen molar-refractivity contribution >= 4 is 5.95 Å². The molecule has 2 aromatic heterocycles. The van der Waals surface area contributed by atoms with Gasteiger partial charge in [-0.2, -0.15) is 15.0 Å². The lowest BCUT2D eigenvalue weighted by Gasteiger charge is -2.05. The number of aliphatic hydroxyl groups is 1. The van der Waals surface area contributed by atoms with Crippen LogP contribution in [0.1, 0.15) is 0 Å². The predicted molar refractivity (Wildman–Crippen MR) is 53.9 cm³/mol. The highest BCUT2D eigenvalue weighted by Gasteiger charge is 2.06. The van der Waals surface area contributed by atoms with Gasteiger partial charge in [0.15, 0.2) is 0 Å². The average Bonchev–Trinajstić information content (AvgIpc) is 2.79. The summed E-state index contributed by atoms with van der Waals surface area (Å²) in [6, 6.07) is 0.0743. The molecule has 16 heavy (non-hydrogen) atoms. The summed E-state index contributed by atoms with van der Waals surface area (Å²) in [7, 11) is 0. The highest BCUT2D eigenvalue weighted by atomic mass is 16.5. The maximum atomic E-state index is 8.61. The fraction of sp³-hybridized carbons (Fsp3) is 0.250. The molecule has 0 saturated carbocycles. The summed E-state index contributed by atoms with van der Waals surface area (Å²) in [6.45, 7) is -0.0151. The van der Waals surface area contributed by atoms with Gasteiger partial charge < -0.3 is 15.6 Å². The van der Waals surface area contributed by atoms with Crippen molar-refractivity contribution in [2.75, 3.05) is 18.9 Å². The van der Waals surface area contributed by atoms with Gasteiger partial charge in [-0.3, -0.25) is 4.57 Å². The number of nitrogen functional groups attached to an aromatic ring is 1. The first-order valence-electron chi connectivity index (χ1n) is 4.53. The van der Waals surface area contributed by atoms with Crippen LogP contribution in [0.4, 0.5) is 5.95 Å². The number of nitrogens with zero attached hydrogens (tertiary/aromatic N) is 5. The Bertz CT molecular complexity index is 458. The van der Waals surface area contributed by atoms with Crippen molar-refractivity contribution in [3.63, 3.8) is 0 Å². The van der Waals surface area contributed by atoms with Crippen LogP contribution in [0.2, 0.25) is 0 Å². The number of anilines is 1. The molecule has 2 heterocycles. The molecule has 0 spiro atoms. The fourth-order valence-electron chi connectivity index (χ4n) is 1.06. The first-order valence-corrected chi connectivity index (χ1v) is 4.53. The molecule has 2 rings (SSSR count). The summed E-state index contributed by atoms with van der Waals surface area (Å²) in [5, 5.41) is 8.61. The van der Waals surface area contributed by atoms with Crippen LogP contribution in [0.15, 0.2) is 18.7 Å². The summed E-state index contributed by atoms with van der Waals surface area (Å²) in [5.74, 6) is 0.365. The maximum absolute atomic E-state index is 8.61. The van der Waals surface area contributed by atoms with E-state index in [9.17, 15) is 0 Å². The second-order valence-corrected chi connectivity index (χ2v) is 2.82. The van der Waals surface area contributed by atoms with Crippen LogP contribution < -0.4 is 10.5 Å². The van der Waals surface area contributed by atoms with Gasteiger partial charge in [0.2, 0.25) is 11.9 Å². The van der Waals surface area contributed by atoms with E-state index in [0.29, 0.717) is 5.95 Å². The molecule has 3 N–H and O–H groups in total. The second-order valence-electron chi connectivity index (χ2n) is 2.82. The highest BCUT2D eigenvalue weighted by Crippen LogP contribution is 2.08. The molecule has 0 bridgehead atoms. The third kappa shape index (κ3) is 2.23. The quantitative estimate of drug-likeness (QED) is 0.683. The molecule has 2 aromatic rings. The predicted octanol–water partition coefficient (Wildman–Crippen LogP) is -0.989. The highest BCUT2D eigenvalue weighted by molar-refractivity contribution is 5.24.